The van der Waals surface area contributed by atoms with Gasteiger partial charge in [-0.3, -0.25) is 4.79 Å². The van der Waals surface area contributed by atoms with Crippen molar-refractivity contribution < 1.29 is 9.53 Å². The molecule has 0 amide bonds. The van der Waals surface area contributed by atoms with E-state index in [1.54, 1.807) is 6.92 Å². The molecule has 0 aliphatic carbocycles. The highest BCUT2D eigenvalue weighted by molar-refractivity contribution is 5.92. The zero-order valence-electron chi connectivity index (χ0n) is 11.0. The molecular weight excluding hydrogens is 238 g/mol. The zero-order valence-corrected chi connectivity index (χ0v) is 11.0. The van der Waals surface area contributed by atoms with E-state index >= 15 is 0 Å². The molecule has 1 aromatic heterocycles. The topological polar surface area (TPSA) is 31.2 Å². The standard InChI is InChI=1S/C16H17NO2/c1-12(18)15-7-4-9-17(15)11-16-14-6-3-2-5-13(14)8-10-19-16/h2-7,9,16H,8,10-11H2,1H3. The summed E-state index contributed by atoms with van der Waals surface area (Å²) in [5.74, 6) is 0.0918. The molecule has 98 valence electrons. The number of nitrogens with zero attached hydrogens (tertiary/aromatic N) is 1. The summed E-state index contributed by atoms with van der Waals surface area (Å²) in [4.78, 5) is 11.6. The highest BCUT2D eigenvalue weighted by atomic mass is 16.5. The second-order valence-corrected chi connectivity index (χ2v) is 4.91. The molecule has 1 aliphatic rings. The lowest BCUT2D eigenvalue weighted by Crippen LogP contribution is -2.21. The molecule has 1 aliphatic heterocycles. The van der Waals surface area contributed by atoms with Crippen molar-refractivity contribution >= 4 is 5.78 Å². The average molecular weight is 255 g/mol. The summed E-state index contributed by atoms with van der Waals surface area (Å²) in [6, 6.07) is 12.2. The van der Waals surface area contributed by atoms with E-state index in [1.165, 1.54) is 11.1 Å². The molecule has 19 heavy (non-hydrogen) atoms. The van der Waals surface area contributed by atoms with Crippen LogP contribution in [0.4, 0.5) is 0 Å². The van der Waals surface area contributed by atoms with Crippen molar-refractivity contribution in [3.8, 4) is 0 Å². The molecule has 0 bridgehead atoms. The van der Waals surface area contributed by atoms with Gasteiger partial charge in [0, 0.05) is 13.1 Å². The highest BCUT2D eigenvalue weighted by Gasteiger charge is 2.21. The highest BCUT2D eigenvalue weighted by Crippen LogP contribution is 2.28. The SMILES string of the molecule is CC(=O)c1cccn1CC1OCCc2ccccc21. The van der Waals surface area contributed by atoms with E-state index in [-0.39, 0.29) is 11.9 Å². The number of hydrogen-bond donors (Lipinski definition) is 0. The average Bonchev–Trinajstić information content (AvgIpc) is 2.87. The monoisotopic (exact) mass is 255 g/mol. The third-order valence-corrected chi connectivity index (χ3v) is 3.65. The summed E-state index contributed by atoms with van der Waals surface area (Å²) in [7, 11) is 0. The lowest BCUT2D eigenvalue weighted by Gasteiger charge is -2.27. The Bertz CT molecular complexity index is 600. The lowest BCUT2D eigenvalue weighted by molar-refractivity contribution is 0.0302. The number of carbonyl (C=O) groups excluding carboxylic acids is 1. The van der Waals surface area contributed by atoms with Gasteiger partial charge in [-0.25, -0.2) is 0 Å². The molecule has 3 heteroatoms. The maximum atomic E-state index is 11.6. The number of Topliss-reactive ketones (excluding diaryl/α,β-unsaturated/α-hetero) is 1. The zero-order chi connectivity index (χ0) is 13.2. The second kappa shape index (κ2) is 5.02. The third-order valence-electron chi connectivity index (χ3n) is 3.65. The number of fused-ring (bicyclic) bond motifs is 1. The van der Waals surface area contributed by atoms with Gasteiger partial charge in [-0.05, 0) is 29.7 Å². The minimum Gasteiger partial charge on any atom is -0.371 e. The minimum absolute atomic E-state index is 0.0375. The summed E-state index contributed by atoms with van der Waals surface area (Å²) < 4.78 is 7.86. The number of rotatable bonds is 3. The first-order valence-electron chi connectivity index (χ1n) is 6.61. The van der Waals surface area contributed by atoms with Crippen LogP contribution in [0, 0.1) is 0 Å². The smallest absolute Gasteiger partial charge is 0.176 e. The molecule has 0 N–H and O–H groups in total. The van der Waals surface area contributed by atoms with Crippen molar-refractivity contribution in [1.29, 1.82) is 0 Å². The van der Waals surface area contributed by atoms with Crippen LogP contribution in [0.1, 0.15) is 34.6 Å². The van der Waals surface area contributed by atoms with Crippen molar-refractivity contribution in [1.82, 2.24) is 4.57 Å². The van der Waals surface area contributed by atoms with E-state index in [0.717, 1.165) is 18.7 Å². The molecular formula is C16H17NO2. The fourth-order valence-electron chi connectivity index (χ4n) is 2.70. The fourth-order valence-corrected chi connectivity index (χ4v) is 2.70. The molecule has 0 spiro atoms. The van der Waals surface area contributed by atoms with Crippen molar-refractivity contribution in [2.75, 3.05) is 6.61 Å². The molecule has 2 aromatic rings. The number of carbonyl (C=O) groups is 1. The number of ketones is 1. The Morgan fingerprint density at radius 1 is 1.32 bits per heavy atom. The predicted molar refractivity (Wildman–Crippen MR) is 73.3 cm³/mol. The first-order valence-corrected chi connectivity index (χ1v) is 6.61. The van der Waals surface area contributed by atoms with E-state index in [2.05, 4.69) is 18.2 Å². The van der Waals surface area contributed by atoms with E-state index < -0.39 is 0 Å². The number of aromatic nitrogens is 1. The minimum atomic E-state index is 0.0375. The Kier molecular flexibility index (Phi) is 3.22. The molecule has 3 rings (SSSR count). The van der Waals surface area contributed by atoms with Gasteiger partial charge in [-0.1, -0.05) is 24.3 Å². The number of benzene rings is 1. The lowest BCUT2D eigenvalue weighted by atomic mass is 9.97. The molecule has 0 saturated heterocycles. The predicted octanol–water partition coefficient (Wildman–Crippen LogP) is 3.00. The van der Waals surface area contributed by atoms with Gasteiger partial charge in [0.25, 0.3) is 0 Å². The van der Waals surface area contributed by atoms with Gasteiger partial charge in [0.1, 0.15) is 6.10 Å². The van der Waals surface area contributed by atoms with Crippen LogP contribution < -0.4 is 0 Å². The molecule has 0 radical (unpaired) electrons. The van der Waals surface area contributed by atoms with Gasteiger partial charge < -0.3 is 9.30 Å². The molecule has 1 atom stereocenters. The summed E-state index contributed by atoms with van der Waals surface area (Å²) in [5, 5.41) is 0. The van der Waals surface area contributed by atoms with E-state index in [4.69, 9.17) is 4.74 Å². The molecule has 1 aromatic carbocycles. The van der Waals surface area contributed by atoms with Crippen LogP contribution in [0.2, 0.25) is 0 Å². The van der Waals surface area contributed by atoms with Crippen LogP contribution in [0.5, 0.6) is 0 Å². The Morgan fingerprint density at radius 3 is 3.00 bits per heavy atom. The van der Waals surface area contributed by atoms with Crippen molar-refractivity contribution in [2.24, 2.45) is 0 Å². The van der Waals surface area contributed by atoms with Crippen LogP contribution in [0.3, 0.4) is 0 Å². The number of hydrogen-bond acceptors (Lipinski definition) is 2. The van der Waals surface area contributed by atoms with Gasteiger partial charge in [-0.2, -0.15) is 0 Å². The summed E-state index contributed by atoms with van der Waals surface area (Å²) in [5.41, 5.74) is 3.35. The fraction of sp³-hybridized carbons (Fsp3) is 0.312. The maximum absolute atomic E-state index is 11.6. The van der Waals surface area contributed by atoms with Gasteiger partial charge in [-0.15, -0.1) is 0 Å². The second-order valence-electron chi connectivity index (χ2n) is 4.91. The van der Waals surface area contributed by atoms with Crippen LogP contribution in [-0.2, 0) is 17.7 Å². The molecule has 0 fully saturated rings. The van der Waals surface area contributed by atoms with Crippen molar-refractivity contribution in [3.05, 3.63) is 59.4 Å². The first-order chi connectivity index (χ1) is 9.25. The van der Waals surface area contributed by atoms with E-state index in [9.17, 15) is 4.79 Å². The maximum Gasteiger partial charge on any atom is 0.176 e. The van der Waals surface area contributed by atoms with Crippen LogP contribution in [-0.4, -0.2) is 17.0 Å². The van der Waals surface area contributed by atoms with Gasteiger partial charge in [0.2, 0.25) is 0 Å². The van der Waals surface area contributed by atoms with Crippen LogP contribution >= 0.6 is 0 Å². The number of ether oxygens (including phenoxy) is 1. The molecule has 3 nitrogen and oxygen atoms in total. The normalized spacial score (nSPS) is 18.1. The molecule has 0 saturated carbocycles. The Hall–Kier alpha value is -1.87. The van der Waals surface area contributed by atoms with E-state index in [1.807, 2.05) is 29.0 Å². The molecule has 2 heterocycles. The summed E-state index contributed by atoms with van der Waals surface area (Å²) in [6.45, 7) is 3.04. The molecule has 1 unspecified atom stereocenters. The van der Waals surface area contributed by atoms with E-state index in [0.29, 0.717) is 6.54 Å². The quantitative estimate of drug-likeness (QED) is 0.789. The van der Waals surface area contributed by atoms with Crippen LogP contribution in [0.25, 0.3) is 0 Å². The van der Waals surface area contributed by atoms with Crippen molar-refractivity contribution in [3.63, 3.8) is 0 Å². The van der Waals surface area contributed by atoms with Gasteiger partial charge in [0.05, 0.1) is 18.8 Å². The van der Waals surface area contributed by atoms with Gasteiger partial charge >= 0.3 is 0 Å². The first kappa shape index (κ1) is 12.2. The Balaban J connectivity index is 1.89. The summed E-state index contributed by atoms with van der Waals surface area (Å²) in [6.07, 6.45) is 2.95. The van der Waals surface area contributed by atoms with Crippen LogP contribution in [0.15, 0.2) is 42.6 Å². The van der Waals surface area contributed by atoms with Gasteiger partial charge in [0.15, 0.2) is 5.78 Å². The Morgan fingerprint density at radius 2 is 2.16 bits per heavy atom. The summed E-state index contributed by atoms with van der Waals surface area (Å²) >= 11 is 0. The Labute approximate surface area is 112 Å². The third kappa shape index (κ3) is 2.34. The van der Waals surface area contributed by atoms with Crippen molar-refractivity contribution in [2.45, 2.75) is 26.0 Å². The largest absolute Gasteiger partial charge is 0.371 e.